The van der Waals surface area contributed by atoms with Crippen LogP contribution in [-0.2, 0) is 20.8 Å². The van der Waals surface area contributed by atoms with E-state index in [1.54, 1.807) is 35.5 Å². The molecular weight excluding hydrogens is 786 g/mol. The van der Waals surface area contributed by atoms with E-state index in [-0.39, 0.29) is 18.4 Å². The van der Waals surface area contributed by atoms with Gasteiger partial charge in [0, 0.05) is 64.5 Å². The highest BCUT2D eigenvalue weighted by molar-refractivity contribution is 5.93. The Morgan fingerprint density at radius 2 is 1.02 bits per heavy atom. The van der Waals surface area contributed by atoms with Gasteiger partial charge >= 0.3 is 18.2 Å². The zero-order chi connectivity index (χ0) is 43.9. The number of benzene rings is 2. The molecular formula is C41H50F2N8O9. The minimum atomic E-state index is -0.708. The van der Waals surface area contributed by atoms with Crippen molar-refractivity contribution in [3.8, 4) is 11.4 Å². The quantitative estimate of drug-likeness (QED) is 0.217. The fraction of sp³-hybridized carbons (Fsp3) is 0.439. The highest BCUT2D eigenvalue weighted by atomic mass is 19.1. The fourth-order valence-corrected chi connectivity index (χ4v) is 6.25. The van der Waals surface area contributed by atoms with Crippen molar-refractivity contribution in [2.45, 2.75) is 59.4 Å². The highest BCUT2D eigenvalue weighted by Crippen LogP contribution is 2.23. The monoisotopic (exact) mass is 836 g/mol. The van der Waals surface area contributed by atoms with Gasteiger partial charge in [0.05, 0.1) is 36.5 Å². The van der Waals surface area contributed by atoms with Gasteiger partial charge in [-0.05, 0) is 90.1 Å². The van der Waals surface area contributed by atoms with Gasteiger partial charge in [-0.3, -0.25) is 9.59 Å². The molecule has 0 bridgehead atoms. The summed E-state index contributed by atoms with van der Waals surface area (Å²) in [5.74, 6) is -1.58. The summed E-state index contributed by atoms with van der Waals surface area (Å²) in [4.78, 5) is 69.1. The Balaban J connectivity index is 0.000000228. The van der Waals surface area contributed by atoms with Crippen LogP contribution in [-0.4, -0.2) is 123 Å². The lowest BCUT2D eigenvalue weighted by atomic mass is 10.2. The number of aliphatic hydroxyl groups excluding tert-OH is 1. The molecule has 2 fully saturated rings. The van der Waals surface area contributed by atoms with E-state index in [0.717, 1.165) is 9.36 Å². The Bertz CT molecular complexity index is 2270. The number of anilines is 2. The molecule has 2 amide bonds. The number of halogens is 2. The molecule has 17 nitrogen and oxygen atoms in total. The first kappa shape index (κ1) is 44.7. The summed E-state index contributed by atoms with van der Waals surface area (Å²) in [6.45, 7) is 13.8. The molecule has 4 aromatic rings. The summed E-state index contributed by atoms with van der Waals surface area (Å²) in [5, 5.41) is 18.2. The van der Waals surface area contributed by atoms with E-state index in [9.17, 15) is 37.9 Å². The number of nitrogens with zero attached hydrogens (tertiary/aromatic N) is 8. The maximum absolute atomic E-state index is 13.2. The van der Waals surface area contributed by atoms with Gasteiger partial charge in [0.25, 0.3) is 11.1 Å². The predicted molar refractivity (Wildman–Crippen MR) is 217 cm³/mol. The molecule has 6 rings (SSSR count). The molecule has 2 aliphatic heterocycles. The largest absolute Gasteiger partial charge is 0.464 e. The number of aromatic nitrogens is 4. The van der Waals surface area contributed by atoms with E-state index in [1.165, 1.54) is 67.8 Å². The van der Waals surface area contributed by atoms with Crippen LogP contribution in [0.1, 0.15) is 57.7 Å². The number of hydrogen-bond donors (Lipinski definition) is 1. The third-order valence-electron chi connectivity index (χ3n) is 9.11. The Morgan fingerprint density at radius 1 is 0.633 bits per heavy atom. The SMILES string of the molecule is CC(C)(C)OC(=O)N1CCN(c2cc(=O)n(-c3ccc(F)cc3)nc2CO)CC1.COC(=O)c1nn(-c2ccc(F)cc2)c(=O)cc1N1CCN(C(=O)OC(C)(C)C)CC1. The molecule has 60 heavy (non-hydrogen) atoms. The van der Waals surface area contributed by atoms with E-state index in [4.69, 9.17) is 14.2 Å². The zero-order valence-electron chi connectivity index (χ0n) is 34.7. The van der Waals surface area contributed by atoms with Crippen LogP contribution in [0.15, 0.2) is 70.3 Å². The number of methoxy groups -OCH3 is 1. The lowest BCUT2D eigenvalue weighted by Crippen LogP contribution is -2.50. The maximum Gasteiger partial charge on any atom is 0.410 e. The van der Waals surface area contributed by atoms with Crippen LogP contribution in [0, 0.1) is 11.6 Å². The molecule has 4 heterocycles. The maximum atomic E-state index is 13.2. The van der Waals surface area contributed by atoms with Gasteiger partial charge in [-0.15, -0.1) is 0 Å². The number of amides is 2. The Labute approximate surface area is 345 Å². The Morgan fingerprint density at radius 3 is 1.40 bits per heavy atom. The number of rotatable bonds is 6. The first-order valence-electron chi connectivity index (χ1n) is 19.2. The molecule has 2 saturated heterocycles. The molecule has 0 spiro atoms. The van der Waals surface area contributed by atoms with Crippen LogP contribution >= 0.6 is 0 Å². The summed E-state index contributed by atoms with van der Waals surface area (Å²) >= 11 is 0. The lowest BCUT2D eigenvalue weighted by molar-refractivity contribution is 0.0230. The molecule has 2 aliphatic rings. The molecule has 2 aromatic carbocycles. The van der Waals surface area contributed by atoms with Crippen LogP contribution < -0.4 is 20.9 Å². The second-order valence-corrected chi connectivity index (χ2v) is 15.9. The molecule has 0 unspecified atom stereocenters. The molecule has 0 radical (unpaired) electrons. The number of hydrogen-bond acceptors (Lipinski definition) is 13. The van der Waals surface area contributed by atoms with Gasteiger partial charge in [-0.2, -0.15) is 19.6 Å². The minimum absolute atomic E-state index is 0.0443. The number of carbonyl (C=O) groups excluding carboxylic acids is 3. The minimum Gasteiger partial charge on any atom is -0.464 e. The van der Waals surface area contributed by atoms with Gasteiger partial charge < -0.3 is 38.9 Å². The third-order valence-corrected chi connectivity index (χ3v) is 9.11. The van der Waals surface area contributed by atoms with Crippen LogP contribution in [0.3, 0.4) is 0 Å². The molecule has 2 aromatic heterocycles. The lowest BCUT2D eigenvalue weighted by Gasteiger charge is -2.37. The first-order valence-corrected chi connectivity index (χ1v) is 19.2. The van der Waals surface area contributed by atoms with Gasteiger partial charge in [0.2, 0.25) is 0 Å². The van der Waals surface area contributed by atoms with Crippen molar-refractivity contribution in [3.05, 3.63) is 104 Å². The molecule has 0 aliphatic carbocycles. The molecule has 1 N–H and O–H groups in total. The van der Waals surface area contributed by atoms with E-state index in [1.807, 2.05) is 25.7 Å². The second kappa shape index (κ2) is 18.7. The number of carbonyl (C=O) groups is 3. The van der Waals surface area contributed by atoms with Gasteiger partial charge in [0.1, 0.15) is 28.5 Å². The topological polar surface area (TPSA) is 182 Å². The number of piperazine rings is 2. The van der Waals surface area contributed by atoms with Crippen molar-refractivity contribution in [2.75, 3.05) is 69.3 Å². The Hall–Kier alpha value is -6.37. The molecule has 19 heteroatoms. The van der Waals surface area contributed by atoms with Crippen LogP contribution in [0.2, 0.25) is 0 Å². The third kappa shape index (κ3) is 11.4. The van der Waals surface area contributed by atoms with E-state index >= 15 is 0 Å². The van der Waals surface area contributed by atoms with Crippen molar-refractivity contribution in [2.24, 2.45) is 0 Å². The van der Waals surface area contributed by atoms with Crippen molar-refractivity contribution < 1.29 is 42.5 Å². The van der Waals surface area contributed by atoms with Crippen molar-refractivity contribution >= 4 is 29.5 Å². The van der Waals surface area contributed by atoms with Crippen molar-refractivity contribution in [1.82, 2.24) is 29.4 Å². The average Bonchev–Trinajstić information content (AvgIpc) is 3.20. The number of aliphatic hydroxyl groups is 1. The van der Waals surface area contributed by atoms with E-state index in [0.29, 0.717) is 80.8 Å². The highest BCUT2D eigenvalue weighted by Gasteiger charge is 2.30. The summed E-state index contributed by atoms with van der Waals surface area (Å²) in [6.07, 6.45) is -0.783. The van der Waals surface area contributed by atoms with E-state index in [2.05, 4.69) is 10.2 Å². The summed E-state index contributed by atoms with van der Waals surface area (Å²) in [5.41, 5.74) is -0.170. The second-order valence-electron chi connectivity index (χ2n) is 15.9. The summed E-state index contributed by atoms with van der Waals surface area (Å²) in [7, 11) is 1.22. The average molecular weight is 837 g/mol. The van der Waals surface area contributed by atoms with Crippen molar-refractivity contribution in [1.29, 1.82) is 0 Å². The number of ether oxygens (including phenoxy) is 3. The molecule has 322 valence electrons. The predicted octanol–water partition coefficient (Wildman–Crippen LogP) is 4.14. The van der Waals surface area contributed by atoms with Crippen LogP contribution in [0.25, 0.3) is 11.4 Å². The van der Waals surface area contributed by atoms with E-state index < -0.39 is 46.0 Å². The fourth-order valence-electron chi connectivity index (χ4n) is 6.25. The van der Waals surface area contributed by atoms with Crippen LogP contribution in [0.4, 0.5) is 29.7 Å². The van der Waals surface area contributed by atoms with Crippen molar-refractivity contribution in [3.63, 3.8) is 0 Å². The first-order chi connectivity index (χ1) is 28.3. The van der Waals surface area contributed by atoms with Gasteiger partial charge in [0.15, 0.2) is 5.69 Å². The van der Waals surface area contributed by atoms with Crippen LogP contribution in [0.5, 0.6) is 0 Å². The smallest absolute Gasteiger partial charge is 0.410 e. The summed E-state index contributed by atoms with van der Waals surface area (Å²) in [6, 6.07) is 13.3. The standard InChI is InChI=1S/C21H25FN4O5.C20H25FN4O4/c1-21(2,3)31-20(29)25-11-9-24(10-12-25)16-13-17(27)26(23-18(16)19(28)30-4)15-7-5-14(22)6-8-15;1-20(2,3)29-19(28)24-10-8-23(9-11-24)17-12-18(27)25(22-16(17)13-26)15-6-4-14(21)5-7-15/h5-8,13H,9-12H2,1-4H3;4-7,12,26H,8-11,13H2,1-3H3. The molecule has 0 saturated carbocycles. The normalized spacial score (nSPS) is 14.6. The molecule has 0 atom stereocenters. The zero-order valence-corrected chi connectivity index (χ0v) is 34.7. The summed E-state index contributed by atoms with van der Waals surface area (Å²) < 4.78 is 44.1. The number of esters is 1. The van der Waals surface area contributed by atoms with Gasteiger partial charge in [-0.1, -0.05) is 0 Å². The Kier molecular flexibility index (Phi) is 13.9. The van der Waals surface area contributed by atoms with Gasteiger partial charge in [-0.25, -0.2) is 23.2 Å².